The van der Waals surface area contributed by atoms with Crippen molar-refractivity contribution >= 4 is 0 Å². The SMILES string of the molecule is CC(c1nnnn1C1CC1)N1CCC(c2ccccc2CO)CC1. The number of tetrazole rings is 1. The molecule has 0 spiro atoms. The molecule has 6 nitrogen and oxygen atoms in total. The smallest absolute Gasteiger partial charge is 0.168 e. The van der Waals surface area contributed by atoms with Crippen molar-refractivity contribution in [2.45, 2.75) is 57.2 Å². The van der Waals surface area contributed by atoms with Crippen molar-refractivity contribution < 1.29 is 5.11 Å². The van der Waals surface area contributed by atoms with Gasteiger partial charge in [-0.3, -0.25) is 4.90 Å². The molecule has 128 valence electrons. The van der Waals surface area contributed by atoms with Gasteiger partial charge in [-0.05, 0) is 73.2 Å². The van der Waals surface area contributed by atoms with Crippen LogP contribution in [0.15, 0.2) is 24.3 Å². The summed E-state index contributed by atoms with van der Waals surface area (Å²) in [4.78, 5) is 2.49. The van der Waals surface area contributed by atoms with Crippen LogP contribution in [-0.2, 0) is 6.61 Å². The summed E-state index contributed by atoms with van der Waals surface area (Å²) in [7, 11) is 0. The lowest BCUT2D eigenvalue weighted by atomic mass is 9.86. The molecule has 1 aromatic heterocycles. The van der Waals surface area contributed by atoms with Crippen LogP contribution in [0.2, 0.25) is 0 Å². The number of aromatic nitrogens is 4. The van der Waals surface area contributed by atoms with E-state index in [0.717, 1.165) is 37.3 Å². The monoisotopic (exact) mass is 327 g/mol. The molecule has 2 aromatic rings. The van der Waals surface area contributed by atoms with Crippen LogP contribution in [0.5, 0.6) is 0 Å². The average molecular weight is 327 g/mol. The standard InChI is InChI=1S/C18H25N5O/c1-13(18-19-20-21-23(18)16-6-7-16)22-10-8-14(9-11-22)17-5-3-2-4-15(17)12-24/h2-5,13-14,16,24H,6-12H2,1H3. The van der Waals surface area contributed by atoms with E-state index in [2.05, 4.69) is 39.5 Å². The zero-order valence-electron chi connectivity index (χ0n) is 14.2. The number of rotatable bonds is 5. The highest BCUT2D eigenvalue weighted by molar-refractivity contribution is 5.30. The third-order valence-electron chi connectivity index (χ3n) is 5.53. The molecule has 0 radical (unpaired) electrons. The minimum absolute atomic E-state index is 0.128. The van der Waals surface area contributed by atoms with Crippen LogP contribution in [0.4, 0.5) is 0 Å². The van der Waals surface area contributed by atoms with E-state index in [1.165, 1.54) is 18.4 Å². The van der Waals surface area contributed by atoms with E-state index < -0.39 is 0 Å². The first-order valence-electron chi connectivity index (χ1n) is 8.98. The van der Waals surface area contributed by atoms with E-state index >= 15 is 0 Å². The van der Waals surface area contributed by atoms with Gasteiger partial charge in [0.2, 0.25) is 0 Å². The molecule has 24 heavy (non-hydrogen) atoms. The maximum Gasteiger partial charge on any atom is 0.168 e. The minimum Gasteiger partial charge on any atom is -0.392 e. The Morgan fingerprint density at radius 1 is 1.17 bits per heavy atom. The number of aliphatic hydroxyl groups excluding tert-OH is 1. The molecule has 2 heterocycles. The fourth-order valence-corrected chi connectivity index (χ4v) is 3.89. The Balaban J connectivity index is 1.43. The molecule has 0 bridgehead atoms. The number of aliphatic hydroxyl groups is 1. The van der Waals surface area contributed by atoms with Gasteiger partial charge in [-0.1, -0.05) is 24.3 Å². The number of likely N-dealkylation sites (tertiary alicyclic amines) is 1. The lowest BCUT2D eigenvalue weighted by Gasteiger charge is -2.36. The topological polar surface area (TPSA) is 67.1 Å². The zero-order chi connectivity index (χ0) is 16.5. The summed E-state index contributed by atoms with van der Waals surface area (Å²) in [6.45, 7) is 4.43. The summed E-state index contributed by atoms with van der Waals surface area (Å²) in [5.41, 5.74) is 2.39. The normalized spacial score (nSPS) is 21.1. The molecule has 1 saturated carbocycles. The molecule has 2 aliphatic rings. The van der Waals surface area contributed by atoms with Gasteiger partial charge in [0.25, 0.3) is 0 Å². The van der Waals surface area contributed by atoms with E-state index in [4.69, 9.17) is 0 Å². The van der Waals surface area contributed by atoms with Crippen molar-refractivity contribution in [2.75, 3.05) is 13.1 Å². The van der Waals surface area contributed by atoms with Gasteiger partial charge in [0.1, 0.15) is 0 Å². The van der Waals surface area contributed by atoms with E-state index in [0.29, 0.717) is 12.0 Å². The zero-order valence-corrected chi connectivity index (χ0v) is 14.2. The molecule has 1 aliphatic heterocycles. The fraction of sp³-hybridized carbons (Fsp3) is 0.611. The molecular weight excluding hydrogens is 302 g/mol. The van der Waals surface area contributed by atoms with Crippen molar-refractivity contribution in [3.8, 4) is 0 Å². The Kier molecular flexibility index (Phi) is 4.33. The maximum atomic E-state index is 9.57. The summed E-state index contributed by atoms with van der Waals surface area (Å²) in [5, 5.41) is 21.9. The molecule has 1 unspecified atom stereocenters. The largest absolute Gasteiger partial charge is 0.392 e. The summed E-state index contributed by atoms with van der Waals surface area (Å²) in [6, 6.07) is 9.06. The Bertz CT molecular complexity index is 688. The van der Waals surface area contributed by atoms with Crippen LogP contribution in [0.3, 0.4) is 0 Å². The first-order chi connectivity index (χ1) is 11.8. The third-order valence-corrected chi connectivity index (χ3v) is 5.53. The van der Waals surface area contributed by atoms with Crippen molar-refractivity contribution in [3.63, 3.8) is 0 Å². The van der Waals surface area contributed by atoms with Crippen LogP contribution >= 0.6 is 0 Å². The van der Waals surface area contributed by atoms with Gasteiger partial charge in [0.15, 0.2) is 5.82 Å². The van der Waals surface area contributed by atoms with Gasteiger partial charge in [-0.15, -0.1) is 5.10 Å². The van der Waals surface area contributed by atoms with E-state index in [-0.39, 0.29) is 12.6 Å². The highest BCUT2D eigenvalue weighted by Crippen LogP contribution is 2.37. The second-order valence-electron chi connectivity index (χ2n) is 7.06. The Morgan fingerprint density at radius 2 is 1.92 bits per heavy atom. The molecule has 2 fully saturated rings. The van der Waals surface area contributed by atoms with Gasteiger partial charge in [-0.25, -0.2) is 4.68 Å². The molecule has 1 aromatic carbocycles. The number of nitrogens with zero attached hydrogens (tertiary/aromatic N) is 5. The number of piperidine rings is 1. The van der Waals surface area contributed by atoms with Crippen LogP contribution < -0.4 is 0 Å². The van der Waals surface area contributed by atoms with E-state index in [9.17, 15) is 5.11 Å². The predicted octanol–water partition coefficient (Wildman–Crippen LogP) is 2.44. The summed E-state index contributed by atoms with van der Waals surface area (Å²) in [6.07, 6.45) is 4.63. The van der Waals surface area contributed by atoms with Crippen LogP contribution in [0, 0.1) is 0 Å². The first-order valence-corrected chi connectivity index (χ1v) is 8.98. The maximum absolute atomic E-state index is 9.57. The Hall–Kier alpha value is -1.79. The molecule has 1 atom stereocenters. The van der Waals surface area contributed by atoms with Crippen LogP contribution in [0.1, 0.15) is 67.6 Å². The van der Waals surface area contributed by atoms with Crippen molar-refractivity contribution in [1.82, 2.24) is 25.1 Å². The van der Waals surface area contributed by atoms with Gasteiger partial charge in [-0.2, -0.15) is 0 Å². The second kappa shape index (κ2) is 6.61. The second-order valence-corrected chi connectivity index (χ2v) is 7.06. The number of hydrogen-bond acceptors (Lipinski definition) is 5. The average Bonchev–Trinajstić information content (AvgIpc) is 3.38. The van der Waals surface area contributed by atoms with Crippen molar-refractivity contribution in [2.24, 2.45) is 0 Å². The van der Waals surface area contributed by atoms with Gasteiger partial charge < -0.3 is 5.11 Å². The third kappa shape index (κ3) is 2.96. The quantitative estimate of drug-likeness (QED) is 0.913. The van der Waals surface area contributed by atoms with Crippen molar-refractivity contribution in [1.29, 1.82) is 0 Å². The Morgan fingerprint density at radius 3 is 2.62 bits per heavy atom. The van der Waals surface area contributed by atoms with Crippen molar-refractivity contribution in [3.05, 3.63) is 41.2 Å². The first kappa shape index (κ1) is 15.7. The lowest BCUT2D eigenvalue weighted by molar-refractivity contribution is 0.152. The lowest BCUT2D eigenvalue weighted by Crippen LogP contribution is -2.36. The van der Waals surface area contributed by atoms with E-state index in [1.807, 2.05) is 16.8 Å². The highest BCUT2D eigenvalue weighted by atomic mass is 16.3. The molecular formula is C18H25N5O. The molecule has 0 amide bonds. The molecule has 6 heteroatoms. The van der Waals surface area contributed by atoms with E-state index in [1.54, 1.807) is 0 Å². The summed E-state index contributed by atoms with van der Waals surface area (Å²) in [5.74, 6) is 1.54. The highest BCUT2D eigenvalue weighted by Gasteiger charge is 2.32. The van der Waals surface area contributed by atoms with Crippen LogP contribution in [0.25, 0.3) is 0 Å². The Labute approximate surface area is 142 Å². The van der Waals surface area contributed by atoms with Crippen LogP contribution in [-0.4, -0.2) is 43.3 Å². The van der Waals surface area contributed by atoms with Gasteiger partial charge in [0.05, 0.1) is 18.7 Å². The number of hydrogen-bond donors (Lipinski definition) is 1. The number of benzene rings is 1. The molecule has 1 aliphatic carbocycles. The van der Waals surface area contributed by atoms with Gasteiger partial charge in [0, 0.05) is 0 Å². The van der Waals surface area contributed by atoms with Gasteiger partial charge >= 0.3 is 0 Å². The fourth-order valence-electron chi connectivity index (χ4n) is 3.89. The summed E-state index contributed by atoms with van der Waals surface area (Å²) >= 11 is 0. The molecule has 1 saturated heterocycles. The molecule has 4 rings (SSSR count). The molecule has 1 N–H and O–H groups in total. The predicted molar refractivity (Wildman–Crippen MR) is 90.4 cm³/mol. The minimum atomic E-state index is 0.128. The summed E-state index contributed by atoms with van der Waals surface area (Å²) < 4.78 is 2.03.